The van der Waals surface area contributed by atoms with Crippen LogP contribution < -0.4 is 5.32 Å². The zero-order chi connectivity index (χ0) is 11.4. The van der Waals surface area contributed by atoms with E-state index in [1.807, 2.05) is 6.07 Å². The first kappa shape index (κ1) is 11.7. The number of aromatic nitrogens is 1. The van der Waals surface area contributed by atoms with Gasteiger partial charge in [-0.15, -0.1) is 0 Å². The number of piperidine rings is 1. The highest BCUT2D eigenvalue weighted by Crippen LogP contribution is 2.21. The topological polar surface area (TPSA) is 28.2 Å². The first-order chi connectivity index (χ1) is 7.77. The third-order valence-corrected chi connectivity index (χ3v) is 3.52. The van der Waals surface area contributed by atoms with Crippen molar-refractivity contribution in [3.8, 4) is 0 Å². The zero-order valence-corrected chi connectivity index (χ0v) is 10.4. The Balaban J connectivity index is 1.89. The lowest BCUT2D eigenvalue weighted by Crippen LogP contribution is -2.40. The SMILES string of the molecule is CN1CCCCC1CNc1ccncc1Cl. The summed E-state index contributed by atoms with van der Waals surface area (Å²) in [7, 11) is 2.19. The molecule has 1 saturated heterocycles. The number of halogens is 1. The molecule has 1 aliphatic rings. The third-order valence-electron chi connectivity index (χ3n) is 3.22. The van der Waals surface area contributed by atoms with E-state index in [1.54, 1.807) is 12.4 Å². The van der Waals surface area contributed by atoms with E-state index in [9.17, 15) is 0 Å². The Hall–Kier alpha value is -0.800. The fourth-order valence-electron chi connectivity index (χ4n) is 2.15. The maximum absolute atomic E-state index is 6.04. The number of nitrogens with one attached hydrogen (secondary N) is 1. The Bertz CT molecular complexity index is 343. The number of likely N-dealkylation sites (tertiary alicyclic amines) is 1. The van der Waals surface area contributed by atoms with Gasteiger partial charge in [0.25, 0.3) is 0 Å². The van der Waals surface area contributed by atoms with Crippen LogP contribution in [0.15, 0.2) is 18.5 Å². The average molecular weight is 240 g/mol. The summed E-state index contributed by atoms with van der Waals surface area (Å²) in [4.78, 5) is 6.39. The van der Waals surface area contributed by atoms with Crippen molar-refractivity contribution in [2.75, 3.05) is 25.5 Å². The average Bonchev–Trinajstić information content (AvgIpc) is 2.30. The van der Waals surface area contributed by atoms with Crippen LogP contribution in [-0.2, 0) is 0 Å². The molecule has 1 atom stereocenters. The van der Waals surface area contributed by atoms with Crippen molar-refractivity contribution in [2.45, 2.75) is 25.3 Å². The molecule has 3 nitrogen and oxygen atoms in total. The first-order valence-electron chi connectivity index (χ1n) is 5.81. The van der Waals surface area contributed by atoms with Crippen LogP contribution in [0.2, 0.25) is 5.02 Å². The summed E-state index contributed by atoms with van der Waals surface area (Å²) in [5, 5.41) is 4.09. The molecular weight excluding hydrogens is 222 g/mol. The first-order valence-corrected chi connectivity index (χ1v) is 6.19. The minimum absolute atomic E-state index is 0.623. The molecule has 0 aromatic carbocycles. The molecule has 1 aromatic heterocycles. The van der Waals surface area contributed by atoms with Crippen LogP contribution in [0, 0.1) is 0 Å². The van der Waals surface area contributed by atoms with E-state index in [4.69, 9.17) is 11.6 Å². The van der Waals surface area contributed by atoms with Gasteiger partial charge in [-0.2, -0.15) is 0 Å². The molecule has 1 aromatic rings. The standard InChI is InChI=1S/C12H18ClN3/c1-16-7-3-2-4-10(16)8-15-12-5-6-14-9-11(12)13/h5-6,9-10H,2-4,7-8H2,1H3,(H,14,15). The molecule has 0 amide bonds. The second-order valence-corrected chi connectivity index (χ2v) is 4.77. The van der Waals surface area contributed by atoms with E-state index in [2.05, 4.69) is 22.2 Å². The molecule has 0 radical (unpaired) electrons. The number of anilines is 1. The molecule has 16 heavy (non-hydrogen) atoms. The van der Waals surface area contributed by atoms with Crippen LogP contribution in [0.3, 0.4) is 0 Å². The molecule has 1 aliphatic heterocycles. The molecule has 1 fully saturated rings. The molecule has 88 valence electrons. The summed E-state index contributed by atoms with van der Waals surface area (Å²) >= 11 is 6.04. The molecule has 2 rings (SSSR count). The fourth-order valence-corrected chi connectivity index (χ4v) is 2.33. The van der Waals surface area contributed by atoms with Gasteiger partial charge in [0.1, 0.15) is 0 Å². The van der Waals surface area contributed by atoms with Gasteiger partial charge >= 0.3 is 0 Å². The van der Waals surface area contributed by atoms with Gasteiger partial charge in [-0.25, -0.2) is 0 Å². The van der Waals surface area contributed by atoms with E-state index < -0.39 is 0 Å². The lowest BCUT2D eigenvalue weighted by Gasteiger charge is -2.32. The van der Waals surface area contributed by atoms with E-state index >= 15 is 0 Å². The monoisotopic (exact) mass is 239 g/mol. The minimum Gasteiger partial charge on any atom is -0.382 e. The molecule has 2 heterocycles. The van der Waals surface area contributed by atoms with Gasteiger partial charge in [0, 0.05) is 25.0 Å². The molecule has 1 unspecified atom stereocenters. The smallest absolute Gasteiger partial charge is 0.0820 e. The fraction of sp³-hybridized carbons (Fsp3) is 0.583. The van der Waals surface area contributed by atoms with Crippen molar-refractivity contribution < 1.29 is 0 Å². The van der Waals surface area contributed by atoms with Crippen molar-refractivity contribution in [3.05, 3.63) is 23.5 Å². The molecule has 0 bridgehead atoms. The maximum atomic E-state index is 6.04. The lowest BCUT2D eigenvalue weighted by atomic mass is 10.0. The predicted octanol–water partition coefficient (Wildman–Crippen LogP) is 2.63. The van der Waals surface area contributed by atoms with Gasteiger partial charge in [0.05, 0.1) is 10.7 Å². The predicted molar refractivity (Wildman–Crippen MR) is 68.0 cm³/mol. The largest absolute Gasteiger partial charge is 0.382 e. The van der Waals surface area contributed by atoms with Crippen molar-refractivity contribution in [1.82, 2.24) is 9.88 Å². The van der Waals surface area contributed by atoms with Gasteiger partial charge < -0.3 is 10.2 Å². The highest BCUT2D eigenvalue weighted by molar-refractivity contribution is 6.33. The number of hydrogen-bond acceptors (Lipinski definition) is 3. The minimum atomic E-state index is 0.623. The highest BCUT2D eigenvalue weighted by atomic mass is 35.5. The van der Waals surface area contributed by atoms with Gasteiger partial charge in [0.2, 0.25) is 0 Å². The normalized spacial score (nSPS) is 22.0. The van der Waals surface area contributed by atoms with Crippen LogP contribution in [0.4, 0.5) is 5.69 Å². The zero-order valence-electron chi connectivity index (χ0n) is 9.62. The van der Waals surface area contributed by atoms with Crippen LogP contribution in [-0.4, -0.2) is 36.1 Å². The summed E-state index contributed by atoms with van der Waals surface area (Å²) in [5.41, 5.74) is 0.982. The van der Waals surface area contributed by atoms with E-state index in [0.717, 1.165) is 12.2 Å². The van der Waals surface area contributed by atoms with Gasteiger partial charge in [0.15, 0.2) is 0 Å². The van der Waals surface area contributed by atoms with Crippen LogP contribution in [0.25, 0.3) is 0 Å². The molecule has 0 saturated carbocycles. The number of rotatable bonds is 3. The Morgan fingerprint density at radius 2 is 2.44 bits per heavy atom. The van der Waals surface area contributed by atoms with Crippen LogP contribution >= 0.6 is 11.6 Å². The van der Waals surface area contributed by atoms with Gasteiger partial charge in [-0.1, -0.05) is 18.0 Å². The highest BCUT2D eigenvalue weighted by Gasteiger charge is 2.18. The van der Waals surface area contributed by atoms with Crippen molar-refractivity contribution in [2.24, 2.45) is 0 Å². The second-order valence-electron chi connectivity index (χ2n) is 4.37. The summed E-state index contributed by atoms with van der Waals surface area (Å²) in [5.74, 6) is 0. The van der Waals surface area contributed by atoms with E-state index in [-0.39, 0.29) is 0 Å². The van der Waals surface area contributed by atoms with Gasteiger partial charge in [-0.05, 0) is 32.5 Å². The van der Waals surface area contributed by atoms with Crippen LogP contribution in [0.5, 0.6) is 0 Å². The quantitative estimate of drug-likeness (QED) is 0.879. The maximum Gasteiger partial charge on any atom is 0.0820 e. The lowest BCUT2D eigenvalue weighted by molar-refractivity contribution is 0.194. The summed E-state index contributed by atoms with van der Waals surface area (Å²) in [6, 6.07) is 2.54. The van der Waals surface area contributed by atoms with Crippen molar-refractivity contribution in [3.63, 3.8) is 0 Å². The number of nitrogens with zero attached hydrogens (tertiary/aromatic N) is 2. The van der Waals surface area contributed by atoms with Gasteiger partial charge in [-0.3, -0.25) is 4.98 Å². The molecular formula is C12H18ClN3. The Labute approximate surface area is 102 Å². The molecule has 1 N–H and O–H groups in total. The molecule has 0 aliphatic carbocycles. The Morgan fingerprint density at radius 3 is 3.19 bits per heavy atom. The summed E-state index contributed by atoms with van der Waals surface area (Å²) < 4.78 is 0. The second kappa shape index (κ2) is 5.51. The van der Waals surface area contributed by atoms with Crippen molar-refractivity contribution >= 4 is 17.3 Å². The number of hydrogen-bond donors (Lipinski definition) is 1. The molecule has 4 heteroatoms. The Kier molecular flexibility index (Phi) is 4.02. The number of pyridine rings is 1. The summed E-state index contributed by atoms with van der Waals surface area (Å²) in [6.45, 7) is 2.16. The van der Waals surface area contributed by atoms with Crippen LogP contribution in [0.1, 0.15) is 19.3 Å². The molecule has 0 spiro atoms. The number of likely N-dealkylation sites (N-methyl/N-ethyl adjacent to an activating group) is 1. The third kappa shape index (κ3) is 2.86. The van der Waals surface area contributed by atoms with Crippen molar-refractivity contribution in [1.29, 1.82) is 0 Å². The van der Waals surface area contributed by atoms with E-state index in [1.165, 1.54) is 25.8 Å². The van der Waals surface area contributed by atoms with E-state index in [0.29, 0.717) is 11.1 Å². The summed E-state index contributed by atoms with van der Waals surface area (Å²) in [6.07, 6.45) is 7.36. The Morgan fingerprint density at radius 1 is 1.56 bits per heavy atom.